The number of amides is 1. The smallest absolute Gasteiger partial charge is 0.413 e. The Balaban J connectivity index is 1.34. The van der Waals surface area contributed by atoms with E-state index in [0.717, 1.165) is 34.7 Å². The van der Waals surface area contributed by atoms with Gasteiger partial charge >= 0.3 is 6.09 Å². The Kier molecular flexibility index (Phi) is 8.89. The van der Waals surface area contributed by atoms with Gasteiger partial charge in [0.05, 0.1) is 0 Å². The summed E-state index contributed by atoms with van der Waals surface area (Å²) in [6.07, 6.45) is 0.976. The SMILES string of the molecule is Cc1cccc(-c2ccccc2COC(=O)Nc2ccnc(Nc3ccc(OCCN(C)C)cc3)n2)c1C. The van der Waals surface area contributed by atoms with Gasteiger partial charge in [0.1, 0.15) is 24.8 Å². The minimum Gasteiger partial charge on any atom is -0.492 e. The lowest BCUT2D eigenvalue weighted by Crippen LogP contribution is -2.19. The van der Waals surface area contributed by atoms with Gasteiger partial charge in [-0.1, -0.05) is 42.5 Å². The minimum absolute atomic E-state index is 0.133. The molecular weight excluding hydrogens is 478 g/mol. The van der Waals surface area contributed by atoms with Gasteiger partial charge in [-0.25, -0.2) is 9.78 Å². The first-order valence-electron chi connectivity index (χ1n) is 12.4. The second kappa shape index (κ2) is 12.7. The van der Waals surface area contributed by atoms with Gasteiger partial charge in [-0.05, 0) is 86.1 Å². The third-order valence-electron chi connectivity index (χ3n) is 6.07. The molecule has 0 saturated carbocycles. The number of carbonyl (C=O) groups excluding carboxylic acids is 1. The number of nitrogens with one attached hydrogen (secondary N) is 2. The average molecular weight is 512 g/mol. The summed E-state index contributed by atoms with van der Waals surface area (Å²) in [5.41, 5.74) is 6.32. The normalized spacial score (nSPS) is 10.8. The molecule has 0 spiro atoms. The summed E-state index contributed by atoms with van der Waals surface area (Å²) in [7, 11) is 4.01. The van der Waals surface area contributed by atoms with Crippen molar-refractivity contribution in [2.45, 2.75) is 20.5 Å². The number of hydrogen-bond donors (Lipinski definition) is 2. The maximum Gasteiger partial charge on any atom is 0.413 e. The molecule has 0 unspecified atom stereocenters. The van der Waals surface area contributed by atoms with Crippen LogP contribution in [0.4, 0.5) is 22.2 Å². The van der Waals surface area contributed by atoms with Crippen LogP contribution in [-0.2, 0) is 11.3 Å². The van der Waals surface area contributed by atoms with Crippen LogP contribution in [0.2, 0.25) is 0 Å². The molecule has 0 saturated heterocycles. The lowest BCUT2D eigenvalue weighted by atomic mass is 9.94. The van der Waals surface area contributed by atoms with Crippen molar-refractivity contribution >= 4 is 23.5 Å². The Morgan fingerprint density at radius 3 is 2.47 bits per heavy atom. The highest BCUT2D eigenvalue weighted by Gasteiger charge is 2.12. The number of likely N-dealkylation sites (N-methyl/N-ethyl adjacent to an activating group) is 1. The van der Waals surface area contributed by atoms with Crippen molar-refractivity contribution in [3.05, 3.63) is 95.7 Å². The second-order valence-electron chi connectivity index (χ2n) is 9.17. The molecular formula is C30H33N5O3. The standard InChI is InChI=1S/C30H33N5O3/c1-21-8-7-11-26(22(21)2)27-10-6-5-9-23(27)20-38-30(36)34-28-16-17-31-29(33-28)32-24-12-14-25(15-13-24)37-19-18-35(3)4/h5-17H,18-20H2,1-4H3,(H2,31,32,33,34,36). The number of aryl methyl sites for hydroxylation is 1. The number of carbonyl (C=O) groups is 1. The Bertz CT molecular complexity index is 1370. The molecule has 1 heterocycles. The van der Waals surface area contributed by atoms with Crippen LogP contribution in [0.25, 0.3) is 11.1 Å². The van der Waals surface area contributed by atoms with Gasteiger partial charge < -0.3 is 19.7 Å². The fourth-order valence-electron chi connectivity index (χ4n) is 3.83. The molecule has 0 aliphatic heterocycles. The van der Waals surface area contributed by atoms with Crippen molar-refractivity contribution in [3.8, 4) is 16.9 Å². The van der Waals surface area contributed by atoms with Gasteiger partial charge in [0, 0.05) is 18.4 Å². The molecule has 3 aromatic carbocycles. The number of rotatable bonds is 10. The van der Waals surface area contributed by atoms with Crippen molar-refractivity contribution in [1.82, 2.24) is 14.9 Å². The highest BCUT2D eigenvalue weighted by atomic mass is 16.5. The fourth-order valence-corrected chi connectivity index (χ4v) is 3.83. The van der Waals surface area contributed by atoms with Crippen LogP contribution in [0.15, 0.2) is 79.0 Å². The Labute approximate surface area is 223 Å². The highest BCUT2D eigenvalue weighted by Crippen LogP contribution is 2.29. The van der Waals surface area contributed by atoms with Crippen LogP contribution in [0, 0.1) is 13.8 Å². The molecule has 4 aromatic rings. The lowest BCUT2D eigenvalue weighted by molar-refractivity contribution is 0.155. The van der Waals surface area contributed by atoms with Crippen molar-refractivity contribution < 1.29 is 14.3 Å². The number of anilines is 3. The van der Waals surface area contributed by atoms with E-state index in [1.165, 1.54) is 11.1 Å². The third-order valence-corrected chi connectivity index (χ3v) is 6.07. The van der Waals surface area contributed by atoms with Crippen LogP contribution in [0.5, 0.6) is 5.75 Å². The number of hydrogen-bond acceptors (Lipinski definition) is 7. The third kappa shape index (κ3) is 7.30. The predicted molar refractivity (Wildman–Crippen MR) is 151 cm³/mol. The monoisotopic (exact) mass is 511 g/mol. The van der Waals surface area contributed by atoms with E-state index >= 15 is 0 Å². The molecule has 0 aliphatic rings. The first-order valence-corrected chi connectivity index (χ1v) is 12.4. The van der Waals surface area contributed by atoms with Gasteiger partial charge in [0.15, 0.2) is 0 Å². The van der Waals surface area contributed by atoms with Gasteiger partial charge in [-0.15, -0.1) is 0 Å². The van der Waals surface area contributed by atoms with E-state index in [2.05, 4.69) is 51.5 Å². The molecule has 1 amide bonds. The van der Waals surface area contributed by atoms with E-state index in [1.807, 2.05) is 68.7 Å². The van der Waals surface area contributed by atoms with E-state index in [9.17, 15) is 4.79 Å². The van der Waals surface area contributed by atoms with Crippen LogP contribution >= 0.6 is 0 Å². The van der Waals surface area contributed by atoms with Gasteiger partial charge in [0.2, 0.25) is 5.95 Å². The zero-order valence-electron chi connectivity index (χ0n) is 22.2. The topological polar surface area (TPSA) is 88.6 Å². The summed E-state index contributed by atoms with van der Waals surface area (Å²) in [5.74, 6) is 1.47. The number of benzene rings is 3. The minimum atomic E-state index is -0.593. The summed E-state index contributed by atoms with van der Waals surface area (Å²) in [6, 6.07) is 23.3. The first-order chi connectivity index (χ1) is 18.4. The van der Waals surface area contributed by atoms with Crippen molar-refractivity contribution in [2.75, 3.05) is 37.9 Å². The molecule has 8 nitrogen and oxygen atoms in total. The quantitative estimate of drug-likeness (QED) is 0.262. The molecule has 0 atom stereocenters. The molecule has 0 fully saturated rings. The van der Waals surface area contributed by atoms with Crippen molar-refractivity contribution in [2.24, 2.45) is 0 Å². The Morgan fingerprint density at radius 1 is 0.921 bits per heavy atom. The van der Waals surface area contributed by atoms with E-state index in [-0.39, 0.29) is 6.61 Å². The van der Waals surface area contributed by atoms with Gasteiger partial charge in [-0.2, -0.15) is 4.98 Å². The van der Waals surface area contributed by atoms with Crippen LogP contribution < -0.4 is 15.4 Å². The lowest BCUT2D eigenvalue weighted by Gasteiger charge is -2.14. The molecule has 196 valence electrons. The summed E-state index contributed by atoms with van der Waals surface area (Å²) in [6.45, 7) is 5.78. The Morgan fingerprint density at radius 2 is 1.68 bits per heavy atom. The molecule has 8 heteroatoms. The highest BCUT2D eigenvalue weighted by molar-refractivity contribution is 5.83. The zero-order chi connectivity index (χ0) is 26.9. The maximum absolute atomic E-state index is 12.6. The molecule has 2 N–H and O–H groups in total. The summed E-state index contributed by atoms with van der Waals surface area (Å²) in [4.78, 5) is 23.2. The number of ether oxygens (including phenoxy) is 2. The van der Waals surface area contributed by atoms with E-state index < -0.39 is 6.09 Å². The van der Waals surface area contributed by atoms with Crippen LogP contribution in [-0.4, -0.2) is 48.2 Å². The van der Waals surface area contributed by atoms with Gasteiger partial charge in [-0.3, -0.25) is 5.32 Å². The Hall–Kier alpha value is -4.43. The summed E-state index contributed by atoms with van der Waals surface area (Å²) in [5, 5.41) is 5.82. The predicted octanol–water partition coefficient (Wildman–Crippen LogP) is 6.19. The van der Waals surface area contributed by atoms with E-state index in [4.69, 9.17) is 9.47 Å². The summed E-state index contributed by atoms with van der Waals surface area (Å²) >= 11 is 0. The number of aromatic nitrogens is 2. The molecule has 0 aliphatic carbocycles. The average Bonchev–Trinajstić information content (AvgIpc) is 2.90. The largest absolute Gasteiger partial charge is 0.492 e. The van der Waals surface area contributed by atoms with Crippen molar-refractivity contribution in [1.29, 1.82) is 0 Å². The number of nitrogens with zero attached hydrogens (tertiary/aromatic N) is 3. The molecule has 0 bridgehead atoms. The van der Waals surface area contributed by atoms with Crippen LogP contribution in [0.1, 0.15) is 16.7 Å². The molecule has 38 heavy (non-hydrogen) atoms. The zero-order valence-corrected chi connectivity index (χ0v) is 22.2. The van der Waals surface area contributed by atoms with E-state index in [0.29, 0.717) is 18.4 Å². The molecule has 4 rings (SSSR count). The first kappa shape index (κ1) is 26.6. The fraction of sp³-hybridized carbons (Fsp3) is 0.233. The molecule has 1 aromatic heterocycles. The van der Waals surface area contributed by atoms with Crippen LogP contribution in [0.3, 0.4) is 0 Å². The van der Waals surface area contributed by atoms with Crippen molar-refractivity contribution in [3.63, 3.8) is 0 Å². The van der Waals surface area contributed by atoms with E-state index in [1.54, 1.807) is 12.3 Å². The summed E-state index contributed by atoms with van der Waals surface area (Å²) < 4.78 is 11.3. The molecule has 0 radical (unpaired) electrons. The second-order valence-corrected chi connectivity index (χ2v) is 9.17. The maximum atomic E-state index is 12.6. The van der Waals surface area contributed by atoms with Gasteiger partial charge in [0.25, 0.3) is 0 Å².